The number of allylic oxidation sites excluding steroid dienone is 5. The highest BCUT2D eigenvalue weighted by molar-refractivity contribution is 5.23. The van der Waals surface area contributed by atoms with Crippen LogP contribution in [0.25, 0.3) is 0 Å². The molecule has 0 rings (SSSR count). The number of alkyl halides is 1. The predicted octanol–water partition coefficient (Wildman–Crippen LogP) is 3.28. The summed E-state index contributed by atoms with van der Waals surface area (Å²) in [5.41, 5.74) is 1.13. The van der Waals surface area contributed by atoms with Gasteiger partial charge in [0, 0.05) is 0 Å². The van der Waals surface area contributed by atoms with Crippen molar-refractivity contribution in [2.24, 2.45) is 5.92 Å². The average molecular weight is 154 g/mol. The van der Waals surface area contributed by atoms with Gasteiger partial charge in [-0.3, -0.25) is 0 Å². The molecule has 0 fully saturated rings. The number of halogens is 1. The lowest BCUT2D eigenvalue weighted by molar-refractivity contribution is 0.562. The van der Waals surface area contributed by atoms with E-state index in [-0.39, 0.29) is 0 Å². The van der Waals surface area contributed by atoms with Gasteiger partial charge in [-0.25, -0.2) is 4.39 Å². The molecule has 11 heavy (non-hydrogen) atoms. The fourth-order valence-corrected chi connectivity index (χ4v) is 0.727. The number of hydrogen-bond donors (Lipinski definition) is 0. The van der Waals surface area contributed by atoms with Crippen LogP contribution in [0.4, 0.5) is 4.39 Å². The van der Waals surface area contributed by atoms with Gasteiger partial charge < -0.3 is 0 Å². The minimum absolute atomic E-state index is 0.404. The Balaban J connectivity index is 4.12. The summed E-state index contributed by atoms with van der Waals surface area (Å²) in [6, 6.07) is 0. The Morgan fingerprint density at radius 2 is 2.18 bits per heavy atom. The Morgan fingerprint density at radius 1 is 1.55 bits per heavy atom. The Hall–Kier alpha value is -0.850. The molecule has 0 aliphatic carbocycles. The summed E-state index contributed by atoms with van der Waals surface area (Å²) in [6.45, 7) is 7.42. The molecule has 0 amide bonds. The van der Waals surface area contributed by atoms with E-state index in [2.05, 4.69) is 20.4 Å². The van der Waals surface area contributed by atoms with Crippen molar-refractivity contribution in [1.82, 2.24) is 0 Å². The van der Waals surface area contributed by atoms with Crippen molar-refractivity contribution in [3.8, 4) is 0 Å². The lowest BCUT2D eigenvalue weighted by atomic mass is 10.0. The Morgan fingerprint density at radius 3 is 2.55 bits per heavy atom. The lowest BCUT2D eigenvalue weighted by Crippen LogP contribution is -1.88. The minimum atomic E-state index is -0.404. The quantitative estimate of drug-likeness (QED) is 0.545. The van der Waals surface area contributed by atoms with E-state index in [1.165, 1.54) is 6.08 Å². The molecule has 0 bridgehead atoms. The maximum atomic E-state index is 11.6. The second kappa shape index (κ2) is 5.90. The number of hydrogen-bond acceptors (Lipinski definition) is 0. The topological polar surface area (TPSA) is 0 Å². The van der Waals surface area contributed by atoms with Gasteiger partial charge in [0.1, 0.15) is 6.67 Å². The van der Waals surface area contributed by atoms with Gasteiger partial charge in [-0.2, -0.15) is 0 Å². The molecule has 0 saturated heterocycles. The molecule has 0 aliphatic heterocycles. The van der Waals surface area contributed by atoms with Gasteiger partial charge >= 0.3 is 0 Å². The second-order valence-electron chi connectivity index (χ2n) is 2.61. The van der Waals surface area contributed by atoms with Gasteiger partial charge in [0.2, 0.25) is 0 Å². The Bertz CT molecular complexity index is 164. The Kier molecular flexibility index (Phi) is 5.44. The molecule has 0 N–H and O–H groups in total. The zero-order valence-corrected chi connectivity index (χ0v) is 7.18. The highest BCUT2D eigenvalue weighted by atomic mass is 19.1. The van der Waals surface area contributed by atoms with Crippen molar-refractivity contribution in [1.29, 1.82) is 0 Å². The summed E-state index contributed by atoms with van der Waals surface area (Å²) in [5, 5.41) is 0. The van der Waals surface area contributed by atoms with Crippen LogP contribution in [0.15, 0.2) is 36.5 Å². The van der Waals surface area contributed by atoms with E-state index < -0.39 is 6.67 Å². The van der Waals surface area contributed by atoms with E-state index >= 15 is 0 Å². The Labute approximate surface area is 68.1 Å². The van der Waals surface area contributed by atoms with Crippen molar-refractivity contribution in [2.45, 2.75) is 13.8 Å². The molecule has 0 spiro atoms. The van der Waals surface area contributed by atoms with E-state index in [1.807, 2.05) is 6.08 Å². The minimum Gasteiger partial charge on any atom is -0.247 e. The first-order valence-corrected chi connectivity index (χ1v) is 3.77. The largest absolute Gasteiger partial charge is 0.247 e. The maximum absolute atomic E-state index is 11.6. The maximum Gasteiger partial charge on any atom is 0.108 e. The third-order valence-electron chi connectivity index (χ3n) is 1.42. The van der Waals surface area contributed by atoms with Crippen LogP contribution >= 0.6 is 0 Å². The summed E-state index contributed by atoms with van der Waals surface area (Å²) in [4.78, 5) is 0. The van der Waals surface area contributed by atoms with Crippen LogP contribution in [0, 0.1) is 5.92 Å². The van der Waals surface area contributed by atoms with Crippen molar-refractivity contribution in [2.75, 3.05) is 6.67 Å². The van der Waals surface area contributed by atoms with Gasteiger partial charge in [-0.1, -0.05) is 44.7 Å². The molecule has 0 saturated carbocycles. The molecule has 0 nitrogen and oxygen atoms in total. The zero-order chi connectivity index (χ0) is 8.69. The highest BCUT2D eigenvalue weighted by Crippen LogP contribution is 2.09. The molecule has 0 heterocycles. The lowest BCUT2D eigenvalue weighted by Gasteiger charge is -2.02. The van der Waals surface area contributed by atoms with Crippen LogP contribution in [0.5, 0.6) is 0 Å². The van der Waals surface area contributed by atoms with E-state index in [1.54, 1.807) is 12.2 Å². The van der Waals surface area contributed by atoms with Gasteiger partial charge in [-0.05, 0) is 11.5 Å². The summed E-state index contributed by atoms with van der Waals surface area (Å²) < 4.78 is 11.6. The highest BCUT2D eigenvalue weighted by Gasteiger charge is 1.94. The van der Waals surface area contributed by atoms with Crippen LogP contribution < -0.4 is 0 Å². The van der Waals surface area contributed by atoms with Crippen LogP contribution in [0.2, 0.25) is 0 Å². The van der Waals surface area contributed by atoms with E-state index in [0.29, 0.717) is 5.92 Å². The predicted molar refractivity (Wildman–Crippen MR) is 48.2 cm³/mol. The standard InChI is InChI=1S/C10H15F/c1-4-10(9(2)3)7-5-6-8-11/h4-7,9H,1,8H2,2-3H3/b6-5-,10-7+. The van der Waals surface area contributed by atoms with Crippen molar-refractivity contribution >= 4 is 0 Å². The first kappa shape index (κ1) is 10.2. The number of rotatable bonds is 4. The summed E-state index contributed by atoms with van der Waals surface area (Å²) >= 11 is 0. The van der Waals surface area contributed by atoms with Gasteiger partial charge in [0.15, 0.2) is 0 Å². The molecule has 0 radical (unpaired) electrons. The third kappa shape index (κ3) is 4.54. The monoisotopic (exact) mass is 154 g/mol. The SMILES string of the molecule is C=C/C(=C\C=C/CF)C(C)C. The van der Waals surface area contributed by atoms with Crippen LogP contribution in [-0.4, -0.2) is 6.67 Å². The van der Waals surface area contributed by atoms with E-state index in [9.17, 15) is 4.39 Å². The van der Waals surface area contributed by atoms with Gasteiger partial charge in [-0.15, -0.1) is 0 Å². The van der Waals surface area contributed by atoms with Crippen molar-refractivity contribution in [3.63, 3.8) is 0 Å². The normalized spacial score (nSPS) is 12.9. The molecule has 62 valence electrons. The molecule has 0 aromatic carbocycles. The molecule has 0 aromatic rings. The van der Waals surface area contributed by atoms with Crippen molar-refractivity contribution < 1.29 is 4.39 Å². The molecule has 0 aromatic heterocycles. The zero-order valence-electron chi connectivity index (χ0n) is 7.18. The van der Waals surface area contributed by atoms with E-state index in [0.717, 1.165) is 5.57 Å². The van der Waals surface area contributed by atoms with Crippen LogP contribution in [0.1, 0.15) is 13.8 Å². The molecule has 1 heteroatoms. The summed E-state index contributed by atoms with van der Waals surface area (Å²) in [6.07, 6.45) is 6.88. The summed E-state index contributed by atoms with van der Waals surface area (Å²) in [7, 11) is 0. The molecule has 0 atom stereocenters. The van der Waals surface area contributed by atoms with E-state index in [4.69, 9.17) is 0 Å². The van der Waals surface area contributed by atoms with Crippen LogP contribution in [0.3, 0.4) is 0 Å². The molecular formula is C10H15F. The smallest absolute Gasteiger partial charge is 0.108 e. The second-order valence-corrected chi connectivity index (χ2v) is 2.61. The first-order valence-electron chi connectivity index (χ1n) is 3.77. The molecule has 0 aliphatic rings. The first-order chi connectivity index (χ1) is 5.22. The van der Waals surface area contributed by atoms with Crippen molar-refractivity contribution in [3.05, 3.63) is 36.5 Å². The average Bonchev–Trinajstić information content (AvgIpc) is 1.97. The molecule has 0 unspecified atom stereocenters. The van der Waals surface area contributed by atoms with Gasteiger partial charge in [0.25, 0.3) is 0 Å². The third-order valence-corrected chi connectivity index (χ3v) is 1.42. The van der Waals surface area contributed by atoms with Gasteiger partial charge in [0.05, 0.1) is 0 Å². The summed E-state index contributed by atoms with van der Waals surface area (Å²) in [5.74, 6) is 0.455. The fraction of sp³-hybridized carbons (Fsp3) is 0.400. The fourth-order valence-electron chi connectivity index (χ4n) is 0.727. The molecular weight excluding hydrogens is 139 g/mol. The van der Waals surface area contributed by atoms with Crippen LogP contribution in [-0.2, 0) is 0 Å².